The summed E-state index contributed by atoms with van der Waals surface area (Å²) in [6.07, 6.45) is 7.34. The first kappa shape index (κ1) is 12.0. The van der Waals surface area contributed by atoms with Gasteiger partial charge < -0.3 is 10.8 Å². The third-order valence-electron chi connectivity index (χ3n) is 3.11. The van der Waals surface area contributed by atoms with Gasteiger partial charge in [-0.15, -0.1) is 0 Å². The highest BCUT2D eigenvalue weighted by Gasteiger charge is 2.19. The topological polar surface area (TPSA) is 49.5 Å². The Labute approximate surface area is 87.3 Å². The van der Waals surface area contributed by atoms with Gasteiger partial charge in [-0.3, -0.25) is 4.90 Å². The molecule has 0 amide bonds. The van der Waals surface area contributed by atoms with Crippen molar-refractivity contribution in [2.45, 2.75) is 44.6 Å². The summed E-state index contributed by atoms with van der Waals surface area (Å²) in [5.41, 5.74) is 5.47. The van der Waals surface area contributed by atoms with Crippen molar-refractivity contribution >= 4 is 0 Å². The number of unbranched alkanes of at least 4 members (excludes halogenated alkanes) is 1. The van der Waals surface area contributed by atoms with Crippen LogP contribution in [0.15, 0.2) is 0 Å². The molecule has 1 aliphatic heterocycles. The molecular weight excluding hydrogens is 176 g/mol. The van der Waals surface area contributed by atoms with E-state index in [1.807, 2.05) is 0 Å². The quantitative estimate of drug-likeness (QED) is 0.650. The minimum absolute atomic E-state index is 0.322. The number of aliphatic hydroxyl groups excluding tert-OH is 1. The van der Waals surface area contributed by atoms with E-state index < -0.39 is 0 Å². The lowest BCUT2D eigenvalue weighted by Crippen LogP contribution is -2.38. The van der Waals surface area contributed by atoms with Crippen LogP contribution in [0.5, 0.6) is 0 Å². The molecule has 1 atom stereocenters. The maximum atomic E-state index is 9.28. The molecule has 0 aromatic carbocycles. The van der Waals surface area contributed by atoms with Crippen LogP contribution in [0.3, 0.4) is 0 Å². The fourth-order valence-electron chi connectivity index (χ4n) is 2.20. The standard InChI is InChI=1S/C11H24N2O/c12-7-3-5-9-13-8-4-1-2-6-11(13)10-14/h11,14H,1-10,12H2. The number of nitrogens with zero attached hydrogens (tertiary/aromatic N) is 1. The van der Waals surface area contributed by atoms with E-state index in [1.165, 1.54) is 32.1 Å². The van der Waals surface area contributed by atoms with E-state index in [-0.39, 0.29) is 0 Å². The van der Waals surface area contributed by atoms with E-state index in [4.69, 9.17) is 5.73 Å². The van der Waals surface area contributed by atoms with Gasteiger partial charge in [0, 0.05) is 6.04 Å². The molecule has 3 N–H and O–H groups in total. The largest absolute Gasteiger partial charge is 0.395 e. The molecule has 0 bridgehead atoms. The molecule has 1 rings (SSSR count). The molecule has 1 fully saturated rings. The van der Waals surface area contributed by atoms with Crippen molar-refractivity contribution in [3.05, 3.63) is 0 Å². The van der Waals surface area contributed by atoms with Crippen molar-refractivity contribution in [2.24, 2.45) is 5.73 Å². The fourth-order valence-corrected chi connectivity index (χ4v) is 2.20. The van der Waals surface area contributed by atoms with Gasteiger partial charge in [-0.05, 0) is 45.3 Å². The summed E-state index contributed by atoms with van der Waals surface area (Å²) in [5.74, 6) is 0. The van der Waals surface area contributed by atoms with Crippen molar-refractivity contribution < 1.29 is 5.11 Å². The maximum Gasteiger partial charge on any atom is 0.0586 e. The van der Waals surface area contributed by atoms with Crippen LogP contribution in [-0.4, -0.2) is 42.3 Å². The van der Waals surface area contributed by atoms with E-state index in [1.54, 1.807) is 0 Å². The molecular formula is C11H24N2O. The fraction of sp³-hybridized carbons (Fsp3) is 1.00. The van der Waals surface area contributed by atoms with Crippen LogP contribution < -0.4 is 5.73 Å². The average molecular weight is 200 g/mol. The maximum absolute atomic E-state index is 9.28. The van der Waals surface area contributed by atoms with Crippen LogP contribution in [-0.2, 0) is 0 Å². The van der Waals surface area contributed by atoms with Crippen LogP contribution in [0.1, 0.15) is 38.5 Å². The van der Waals surface area contributed by atoms with E-state index in [0.29, 0.717) is 12.6 Å². The van der Waals surface area contributed by atoms with Gasteiger partial charge in [0.15, 0.2) is 0 Å². The summed E-state index contributed by atoms with van der Waals surface area (Å²) in [6.45, 7) is 3.39. The first-order chi connectivity index (χ1) is 6.88. The lowest BCUT2D eigenvalue weighted by atomic mass is 10.1. The molecule has 3 heteroatoms. The van der Waals surface area contributed by atoms with E-state index in [2.05, 4.69) is 4.90 Å². The second kappa shape index (κ2) is 7.21. The van der Waals surface area contributed by atoms with Gasteiger partial charge in [-0.2, -0.15) is 0 Å². The predicted molar refractivity (Wildman–Crippen MR) is 59.2 cm³/mol. The highest BCUT2D eigenvalue weighted by Crippen LogP contribution is 2.16. The van der Waals surface area contributed by atoms with Crippen LogP contribution in [0.25, 0.3) is 0 Å². The van der Waals surface area contributed by atoms with Gasteiger partial charge in [0.05, 0.1) is 6.61 Å². The molecule has 0 aromatic rings. The van der Waals surface area contributed by atoms with E-state index >= 15 is 0 Å². The zero-order valence-corrected chi connectivity index (χ0v) is 9.12. The second-order valence-corrected chi connectivity index (χ2v) is 4.22. The number of rotatable bonds is 5. The zero-order chi connectivity index (χ0) is 10.2. The average Bonchev–Trinajstić information content (AvgIpc) is 2.43. The van der Waals surface area contributed by atoms with Crippen molar-refractivity contribution in [3.63, 3.8) is 0 Å². The molecule has 0 aliphatic carbocycles. The molecule has 1 aliphatic rings. The minimum atomic E-state index is 0.322. The predicted octanol–water partition coefficient (Wildman–Crippen LogP) is 0.962. The number of hydrogen-bond donors (Lipinski definition) is 2. The molecule has 14 heavy (non-hydrogen) atoms. The smallest absolute Gasteiger partial charge is 0.0586 e. The highest BCUT2D eigenvalue weighted by atomic mass is 16.3. The van der Waals surface area contributed by atoms with Gasteiger partial charge >= 0.3 is 0 Å². The summed E-state index contributed by atoms with van der Waals surface area (Å²) < 4.78 is 0. The summed E-state index contributed by atoms with van der Waals surface area (Å²) in [4.78, 5) is 2.45. The Bertz CT molecular complexity index is 141. The van der Waals surface area contributed by atoms with Crippen LogP contribution in [0.4, 0.5) is 0 Å². The number of aliphatic hydroxyl groups is 1. The zero-order valence-electron chi connectivity index (χ0n) is 9.12. The second-order valence-electron chi connectivity index (χ2n) is 4.22. The van der Waals surface area contributed by atoms with Crippen molar-refractivity contribution in [2.75, 3.05) is 26.2 Å². The van der Waals surface area contributed by atoms with Crippen molar-refractivity contribution in [3.8, 4) is 0 Å². The molecule has 0 saturated carbocycles. The molecule has 0 aromatic heterocycles. The number of hydrogen-bond acceptors (Lipinski definition) is 3. The lowest BCUT2D eigenvalue weighted by Gasteiger charge is -2.28. The number of likely N-dealkylation sites (tertiary alicyclic amines) is 1. The van der Waals surface area contributed by atoms with Gasteiger partial charge in [0.2, 0.25) is 0 Å². The normalized spacial score (nSPS) is 24.9. The van der Waals surface area contributed by atoms with Gasteiger partial charge in [0.25, 0.3) is 0 Å². The Balaban J connectivity index is 2.28. The molecule has 1 heterocycles. The Kier molecular flexibility index (Phi) is 6.15. The van der Waals surface area contributed by atoms with Gasteiger partial charge in [-0.1, -0.05) is 12.8 Å². The van der Waals surface area contributed by atoms with Crippen molar-refractivity contribution in [1.29, 1.82) is 0 Å². The molecule has 0 spiro atoms. The lowest BCUT2D eigenvalue weighted by molar-refractivity contribution is 0.123. The third kappa shape index (κ3) is 3.95. The van der Waals surface area contributed by atoms with E-state index in [9.17, 15) is 5.11 Å². The van der Waals surface area contributed by atoms with Crippen LogP contribution in [0, 0.1) is 0 Å². The highest BCUT2D eigenvalue weighted by molar-refractivity contribution is 4.74. The Hall–Kier alpha value is -0.120. The van der Waals surface area contributed by atoms with E-state index in [0.717, 1.165) is 26.1 Å². The Morgan fingerprint density at radius 2 is 2.07 bits per heavy atom. The molecule has 0 radical (unpaired) electrons. The summed E-state index contributed by atoms with van der Waals surface area (Å²) in [6, 6.07) is 0.412. The third-order valence-corrected chi connectivity index (χ3v) is 3.11. The SMILES string of the molecule is NCCCCN1CCCCCC1CO. The first-order valence-corrected chi connectivity index (χ1v) is 5.93. The molecule has 3 nitrogen and oxygen atoms in total. The monoisotopic (exact) mass is 200 g/mol. The van der Waals surface area contributed by atoms with Crippen molar-refractivity contribution in [1.82, 2.24) is 4.90 Å². The molecule has 84 valence electrons. The summed E-state index contributed by atoms with van der Waals surface area (Å²) in [5, 5.41) is 9.28. The molecule has 1 saturated heterocycles. The molecule has 1 unspecified atom stereocenters. The van der Waals surface area contributed by atoms with Crippen LogP contribution in [0.2, 0.25) is 0 Å². The first-order valence-electron chi connectivity index (χ1n) is 5.93. The van der Waals surface area contributed by atoms with Gasteiger partial charge in [0.1, 0.15) is 0 Å². The Morgan fingerprint density at radius 3 is 2.79 bits per heavy atom. The Morgan fingerprint density at radius 1 is 1.21 bits per heavy atom. The minimum Gasteiger partial charge on any atom is -0.395 e. The van der Waals surface area contributed by atoms with Crippen LogP contribution >= 0.6 is 0 Å². The van der Waals surface area contributed by atoms with Gasteiger partial charge in [-0.25, -0.2) is 0 Å². The number of nitrogens with two attached hydrogens (primary N) is 1. The summed E-state index contributed by atoms with van der Waals surface area (Å²) in [7, 11) is 0. The summed E-state index contributed by atoms with van der Waals surface area (Å²) >= 11 is 0.